The number of hydrogen-bond acceptors (Lipinski definition) is 5. The molecule has 2 aromatic heterocycles. The van der Waals surface area contributed by atoms with Gasteiger partial charge in [0.25, 0.3) is 0 Å². The summed E-state index contributed by atoms with van der Waals surface area (Å²) in [5.74, 6) is 1.60. The highest BCUT2D eigenvalue weighted by atomic mass is 32.2. The van der Waals surface area contributed by atoms with E-state index in [1.54, 1.807) is 0 Å². The molecule has 2 aliphatic rings. The first-order valence-electron chi connectivity index (χ1n) is 10.1. The monoisotopic (exact) mass is 387 g/mol. The Morgan fingerprint density at radius 3 is 2.56 bits per heavy atom. The number of carbonyl (C=O) groups is 1. The summed E-state index contributed by atoms with van der Waals surface area (Å²) in [4.78, 5) is 15.2. The van der Waals surface area contributed by atoms with E-state index in [1.165, 1.54) is 43.9 Å². The Bertz CT molecular complexity index is 830. The van der Waals surface area contributed by atoms with Crippen LogP contribution in [0.1, 0.15) is 66.8 Å². The molecular weight excluding hydrogens is 358 g/mol. The Kier molecular flexibility index (Phi) is 5.30. The number of Topliss-reactive ketones (excluding diaryl/α,β-unsaturated/α-hetero) is 1. The average Bonchev–Trinajstić information content (AvgIpc) is 3.36. The first-order chi connectivity index (χ1) is 13.1. The summed E-state index contributed by atoms with van der Waals surface area (Å²) in [6.07, 6.45) is 6.15. The van der Waals surface area contributed by atoms with Gasteiger partial charge in [-0.05, 0) is 58.9 Å². The molecule has 0 amide bonds. The highest BCUT2D eigenvalue weighted by Gasteiger charge is 2.32. The highest BCUT2D eigenvalue weighted by Crippen LogP contribution is 2.41. The third kappa shape index (κ3) is 3.66. The smallest absolute Gasteiger partial charge is 0.228 e. The van der Waals surface area contributed by atoms with Gasteiger partial charge < -0.3 is 9.47 Å². The van der Waals surface area contributed by atoms with Crippen LogP contribution in [0.25, 0.3) is 0 Å². The molecule has 6 nitrogen and oxygen atoms in total. The second-order valence-corrected chi connectivity index (χ2v) is 8.61. The van der Waals surface area contributed by atoms with E-state index < -0.39 is 0 Å². The zero-order valence-corrected chi connectivity index (χ0v) is 17.4. The fraction of sp³-hybridized carbons (Fsp3) is 0.650. The van der Waals surface area contributed by atoms with Gasteiger partial charge in [0.15, 0.2) is 10.9 Å². The standard InChI is InChI=1S/C20H29N5OS/c1-4-24-14(2)12-17(15(24)3)18(26)13-27-20-22-21-19(25(20)16-8-9-16)23-10-6-5-7-11-23/h12,16H,4-11,13H2,1-3H3. The van der Waals surface area contributed by atoms with Crippen molar-refractivity contribution in [2.45, 2.75) is 70.6 Å². The van der Waals surface area contributed by atoms with Crippen LogP contribution in [-0.4, -0.2) is 44.0 Å². The minimum Gasteiger partial charge on any atom is -0.349 e. The lowest BCUT2D eigenvalue weighted by Gasteiger charge is -2.27. The molecule has 1 saturated carbocycles. The predicted molar refractivity (Wildman–Crippen MR) is 109 cm³/mol. The summed E-state index contributed by atoms with van der Waals surface area (Å²) in [6.45, 7) is 9.25. The van der Waals surface area contributed by atoms with E-state index in [-0.39, 0.29) is 5.78 Å². The molecule has 0 aromatic carbocycles. The summed E-state index contributed by atoms with van der Waals surface area (Å²) >= 11 is 1.54. The summed E-state index contributed by atoms with van der Waals surface area (Å²) in [5.41, 5.74) is 3.06. The number of aryl methyl sites for hydroxylation is 1. The molecule has 2 fully saturated rings. The van der Waals surface area contributed by atoms with Crippen molar-refractivity contribution in [2.24, 2.45) is 0 Å². The van der Waals surface area contributed by atoms with Gasteiger partial charge in [0.05, 0.1) is 5.75 Å². The number of hydrogen-bond donors (Lipinski definition) is 0. The Labute approximate surface area is 165 Å². The molecule has 0 unspecified atom stereocenters. The zero-order valence-electron chi connectivity index (χ0n) is 16.6. The van der Waals surface area contributed by atoms with E-state index in [0.29, 0.717) is 11.8 Å². The van der Waals surface area contributed by atoms with Crippen molar-refractivity contribution in [3.63, 3.8) is 0 Å². The predicted octanol–water partition coefficient (Wildman–Crippen LogP) is 4.02. The molecule has 1 saturated heterocycles. The quantitative estimate of drug-likeness (QED) is 0.531. The fourth-order valence-electron chi connectivity index (χ4n) is 4.11. The van der Waals surface area contributed by atoms with Gasteiger partial charge >= 0.3 is 0 Å². The highest BCUT2D eigenvalue weighted by molar-refractivity contribution is 7.99. The van der Waals surface area contributed by atoms with Crippen LogP contribution in [0, 0.1) is 13.8 Å². The van der Waals surface area contributed by atoms with E-state index in [0.717, 1.165) is 47.7 Å². The molecule has 0 spiro atoms. The van der Waals surface area contributed by atoms with Crippen LogP contribution < -0.4 is 4.90 Å². The van der Waals surface area contributed by atoms with Crippen LogP contribution in [0.3, 0.4) is 0 Å². The van der Waals surface area contributed by atoms with Crippen LogP contribution in [0.2, 0.25) is 0 Å². The van der Waals surface area contributed by atoms with Crippen molar-refractivity contribution in [1.29, 1.82) is 0 Å². The zero-order chi connectivity index (χ0) is 19.0. The van der Waals surface area contributed by atoms with Crippen molar-refractivity contribution < 1.29 is 4.79 Å². The summed E-state index contributed by atoms with van der Waals surface area (Å²) < 4.78 is 4.48. The number of ketones is 1. The lowest BCUT2D eigenvalue weighted by molar-refractivity contribution is 0.102. The van der Waals surface area contributed by atoms with Crippen LogP contribution in [0.4, 0.5) is 5.95 Å². The third-order valence-electron chi connectivity index (χ3n) is 5.72. The normalized spacial score (nSPS) is 17.5. The van der Waals surface area contributed by atoms with Gasteiger partial charge in [0, 0.05) is 42.6 Å². The number of rotatable bonds is 7. The molecule has 146 valence electrons. The van der Waals surface area contributed by atoms with Crippen molar-refractivity contribution in [1.82, 2.24) is 19.3 Å². The minimum absolute atomic E-state index is 0.178. The first kappa shape index (κ1) is 18.6. The molecule has 2 aromatic rings. The van der Waals surface area contributed by atoms with Gasteiger partial charge in [-0.3, -0.25) is 9.36 Å². The van der Waals surface area contributed by atoms with Crippen molar-refractivity contribution in [3.8, 4) is 0 Å². The number of piperidine rings is 1. The lowest BCUT2D eigenvalue weighted by atomic mass is 10.1. The number of nitrogens with zero attached hydrogens (tertiary/aromatic N) is 5. The van der Waals surface area contributed by atoms with Crippen molar-refractivity contribution >= 4 is 23.5 Å². The second-order valence-electron chi connectivity index (χ2n) is 7.67. The molecule has 1 aliphatic carbocycles. The molecule has 27 heavy (non-hydrogen) atoms. The molecule has 3 heterocycles. The molecule has 4 rings (SSSR count). The fourth-order valence-corrected chi connectivity index (χ4v) is 4.99. The molecule has 0 radical (unpaired) electrons. The van der Waals surface area contributed by atoms with Crippen LogP contribution >= 0.6 is 11.8 Å². The van der Waals surface area contributed by atoms with Crippen LogP contribution in [-0.2, 0) is 6.54 Å². The molecule has 0 bridgehead atoms. The number of carbonyl (C=O) groups excluding carboxylic acids is 1. The molecule has 0 N–H and O–H groups in total. The Hall–Kier alpha value is -1.76. The van der Waals surface area contributed by atoms with Crippen molar-refractivity contribution in [2.75, 3.05) is 23.7 Å². The van der Waals surface area contributed by atoms with Gasteiger partial charge in [-0.1, -0.05) is 11.8 Å². The molecule has 7 heteroatoms. The minimum atomic E-state index is 0.178. The maximum absolute atomic E-state index is 12.8. The van der Waals surface area contributed by atoms with Gasteiger partial charge in [0.2, 0.25) is 5.95 Å². The average molecular weight is 388 g/mol. The van der Waals surface area contributed by atoms with E-state index in [9.17, 15) is 4.79 Å². The van der Waals surface area contributed by atoms with Gasteiger partial charge in [0.1, 0.15) is 0 Å². The van der Waals surface area contributed by atoms with Crippen LogP contribution in [0.5, 0.6) is 0 Å². The van der Waals surface area contributed by atoms with Gasteiger partial charge in [-0.2, -0.15) is 0 Å². The van der Waals surface area contributed by atoms with E-state index in [2.05, 4.69) is 38.1 Å². The molecular formula is C20H29N5OS. The summed E-state index contributed by atoms with van der Waals surface area (Å²) in [5, 5.41) is 9.86. The number of aromatic nitrogens is 4. The Morgan fingerprint density at radius 1 is 1.19 bits per heavy atom. The van der Waals surface area contributed by atoms with E-state index in [4.69, 9.17) is 0 Å². The summed E-state index contributed by atoms with van der Waals surface area (Å²) in [6, 6.07) is 2.53. The molecule has 1 aliphatic heterocycles. The first-order valence-corrected chi connectivity index (χ1v) is 11.1. The third-order valence-corrected chi connectivity index (χ3v) is 6.66. The Balaban J connectivity index is 1.50. The topological polar surface area (TPSA) is 56.0 Å². The van der Waals surface area contributed by atoms with Crippen molar-refractivity contribution in [3.05, 3.63) is 23.0 Å². The maximum atomic E-state index is 12.8. The van der Waals surface area contributed by atoms with Crippen LogP contribution in [0.15, 0.2) is 11.2 Å². The molecule has 0 atom stereocenters. The maximum Gasteiger partial charge on any atom is 0.228 e. The number of thioether (sulfide) groups is 1. The largest absolute Gasteiger partial charge is 0.349 e. The van der Waals surface area contributed by atoms with Gasteiger partial charge in [-0.25, -0.2) is 0 Å². The second kappa shape index (κ2) is 7.70. The summed E-state index contributed by atoms with van der Waals surface area (Å²) in [7, 11) is 0. The Morgan fingerprint density at radius 2 is 1.93 bits per heavy atom. The SMILES string of the molecule is CCn1c(C)cc(C(=O)CSc2nnc(N3CCCCC3)n2C2CC2)c1C. The van der Waals surface area contributed by atoms with Gasteiger partial charge in [-0.15, -0.1) is 10.2 Å². The lowest BCUT2D eigenvalue weighted by Crippen LogP contribution is -2.31. The van der Waals surface area contributed by atoms with E-state index >= 15 is 0 Å². The number of anilines is 1. The van der Waals surface area contributed by atoms with E-state index in [1.807, 2.05) is 13.0 Å².